The van der Waals surface area contributed by atoms with Crippen molar-refractivity contribution < 1.29 is 14.6 Å². The van der Waals surface area contributed by atoms with E-state index in [4.69, 9.17) is 16.6 Å². The number of ether oxygens (including phenoxy) is 1. The fourth-order valence-corrected chi connectivity index (χ4v) is 3.80. The lowest BCUT2D eigenvalue weighted by molar-refractivity contribution is 0.187. The quantitative estimate of drug-likeness (QED) is 0.246. The van der Waals surface area contributed by atoms with Crippen LogP contribution in [0.2, 0.25) is 5.02 Å². The van der Waals surface area contributed by atoms with Crippen molar-refractivity contribution in [3.8, 4) is 5.88 Å². The number of carbonyl (C=O) groups is 1. The lowest BCUT2D eigenvalue weighted by atomic mass is 10.0. The molecule has 174 valence electrons. The van der Waals surface area contributed by atoms with Gasteiger partial charge in [-0.3, -0.25) is 5.32 Å². The molecular weight excluding hydrogens is 452 g/mol. The van der Waals surface area contributed by atoms with Crippen molar-refractivity contribution in [3.05, 3.63) is 88.4 Å². The molecule has 0 saturated carbocycles. The van der Waals surface area contributed by atoms with Crippen LogP contribution in [0.15, 0.2) is 71.7 Å². The molecule has 0 atom stereocenters. The summed E-state index contributed by atoms with van der Waals surface area (Å²) in [6.45, 7) is 3.75. The van der Waals surface area contributed by atoms with Crippen molar-refractivity contribution in [2.24, 2.45) is 4.99 Å². The molecule has 1 aromatic heterocycles. The summed E-state index contributed by atoms with van der Waals surface area (Å²) in [5.74, 6) is -0.00320. The number of anilines is 1. The number of halogens is 1. The lowest BCUT2D eigenvalue weighted by Gasteiger charge is -2.10. The van der Waals surface area contributed by atoms with Gasteiger partial charge in [0.1, 0.15) is 0 Å². The fraction of sp³-hybridized carbons (Fsp3) is 0.154. The van der Waals surface area contributed by atoms with Crippen molar-refractivity contribution >= 4 is 45.7 Å². The van der Waals surface area contributed by atoms with E-state index in [0.29, 0.717) is 27.5 Å². The van der Waals surface area contributed by atoms with Gasteiger partial charge in [0.05, 0.1) is 29.6 Å². The number of fused-ring (bicyclic) bond motifs is 1. The summed E-state index contributed by atoms with van der Waals surface area (Å²) in [5.41, 5.74) is 5.10. The third-order valence-electron chi connectivity index (χ3n) is 5.32. The molecular formula is C26H25ClN4O3. The predicted molar refractivity (Wildman–Crippen MR) is 137 cm³/mol. The Balaban J connectivity index is 1.80. The molecule has 4 N–H and O–H groups in total. The number of carbonyl (C=O) groups excluding carboxylic acids is 1. The minimum atomic E-state index is -0.551. The van der Waals surface area contributed by atoms with Crippen molar-refractivity contribution in [1.29, 1.82) is 0 Å². The number of H-pyrrole nitrogens is 1. The highest BCUT2D eigenvalue weighted by atomic mass is 35.5. The molecule has 1 heterocycles. The molecule has 0 aliphatic heterocycles. The van der Waals surface area contributed by atoms with E-state index in [0.717, 1.165) is 35.3 Å². The summed E-state index contributed by atoms with van der Waals surface area (Å²) in [6.07, 6.45) is -0.551. The summed E-state index contributed by atoms with van der Waals surface area (Å²) in [4.78, 5) is 19.4. The molecule has 3 aromatic carbocycles. The Morgan fingerprint density at radius 2 is 1.82 bits per heavy atom. The Kier molecular flexibility index (Phi) is 7.15. The largest absolute Gasteiger partial charge is 0.494 e. The van der Waals surface area contributed by atoms with E-state index >= 15 is 0 Å². The van der Waals surface area contributed by atoms with E-state index in [1.54, 1.807) is 24.3 Å². The average Bonchev–Trinajstić information content (AvgIpc) is 3.17. The van der Waals surface area contributed by atoms with E-state index < -0.39 is 6.09 Å². The minimum absolute atomic E-state index is 0.00320. The van der Waals surface area contributed by atoms with Crippen LogP contribution in [0.25, 0.3) is 10.9 Å². The average molecular weight is 477 g/mol. The maximum atomic E-state index is 11.5. The molecule has 8 heteroatoms. The maximum absolute atomic E-state index is 11.5. The van der Waals surface area contributed by atoms with Crippen LogP contribution in [0.4, 0.5) is 16.2 Å². The molecule has 34 heavy (non-hydrogen) atoms. The number of nitrogens with zero attached hydrogens (tertiary/aromatic N) is 1. The van der Waals surface area contributed by atoms with Crippen molar-refractivity contribution in [3.63, 3.8) is 0 Å². The second-order valence-electron chi connectivity index (χ2n) is 7.64. The van der Waals surface area contributed by atoms with Crippen molar-refractivity contribution in [2.45, 2.75) is 13.5 Å². The zero-order valence-corrected chi connectivity index (χ0v) is 19.6. The van der Waals surface area contributed by atoms with E-state index in [1.165, 1.54) is 7.11 Å². The van der Waals surface area contributed by atoms with Gasteiger partial charge in [0.15, 0.2) is 5.88 Å². The van der Waals surface area contributed by atoms with Gasteiger partial charge in [0.25, 0.3) is 0 Å². The lowest BCUT2D eigenvalue weighted by Crippen LogP contribution is -2.11. The number of rotatable bonds is 7. The zero-order valence-electron chi connectivity index (χ0n) is 18.9. The molecule has 4 aromatic rings. The van der Waals surface area contributed by atoms with E-state index in [2.05, 4.69) is 27.3 Å². The second kappa shape index (κ2) is 10.4. The molecule has 0 spiro atoms. The van der Waals surface area contributed by atoms with Gasteiger partial charge >= 0.3 is 6.09 Å². The number of hydrogen-bond donors (Lipinski definition) is 4. The molecule has 0 radical (unpaired) electrons. The van der Waals surface area contributed by atoms with E-state index in [9.17, 15) is 9.90 Å². The van der Waals surface area contributed by atoms with Gasteiger partial charge in [-0.1, -0.05) is 48.9 Å². The smallest absolute Gasteiger partial charge is 0.411 e. The standard InChI is InChI=1S/C26H25ClN4O3/c1-3-28-15-16-4-9-19(10-5-16)29-24(17-6-11-20(12-7-17)30-26(33)34-2)23-21-13-8-18(27)14-22(21)31-25(23)32/h4-14,28,31-32H,3,15H2,1-2H3,(H,30,33). The third kappa shape index (κ3) is 5.22. The monoisotopic (exact) mass is 476 g/mol. The number of hydrogen-bond acceptors (Lipinski definition) is 5. The Bertz CT molecular complexity index is 1330. The summed E-state index contributed by atoms with van der Waals surface area (Å²) < 4.78 is 4.65. The van der Waals surface area contributed by atoms with Gasteiger partial charge in [0.2, 0.25) is 0 Å². The van der Waals surface area contributed by atoms with Gasteiger partial charge in [-0.05, 0) is 48.5 Å². The minimum Gasteiger partial charge on any atom is -0.494 e. The number of aromatic amines is 1. The number of amides is 1. The van der Waals surface area contributed by atoms with Crippen molar-refractivity contribution in [1.82, 2.24) is 10.3 Å². The topological polar surface area (TPSA) is 98.7 Å². The number of aliphatic imine (C=N–C) groups is 1. The molecule has 7 nitrogen and oxygen atoms in total. The zero-order chi connectivity index (χ0) is 24.1. The summed E-state index contributed by atoms with van der Waals surface area (Å²) >= 11 is 6.15. The van der Waals surface area contributed by atoms with E-state index in [-0.39, 0.29) is 5.88 Å². The fourth-order valence-electron chi connectivity index (χ4n) is 3.63. The van der Waals surface area contributed by atoms with Crippen LogP contribution in [-0.4, -0.2) is 35.5 Å². The van der Waals surface area contributed by atoms with Gasteiger partial charge in [0, 0.05) is 28.2 Å². The molecule has 0 aliphatic rings. The first-order chi connectivity index (χ1) is 16.5. The van der Waals surface area contributed by atoms with Crippen LogP contribution < -0.4 is 10.6 Å². The van der Waals surface area contributed by atoms with Crippen molar-refractivity contribution in [2.75, 3.05) is 19.0 Å². The number of nitrogens with one attached hydrogen (secondary N) is 3. The summed E-state index contributed by atoms with van der Waals surface area (Å²) in [5, 5.41) is 18.1. The summed E-state index contributed by atoms with van der Waals surface area (Å²) in [7, 11) is 1.31. The number of aromatic nitrogens is 1. The van der Waals surface area contributed by atoms with Crippen LogP contribution in [-0.2, 0) is 11.3 Å². The molecule has 0 aliphatic carbocycles. The summed E-state index contributed by atoms with van der Waals surface area (Å²) in [6, 6.07) is 20.5. The van der Waals surface area contributed by atoms with Gasteiger partial charge in [-0.15, -0.1) is 0 Å². The van der Waals surface area contributed by atoms with Gasteiger partial charge in [-0.25, -0.2) is 9.79 Å². The Morgan fingerprint density at radius 1 is 1.09 bits per heavy atom. The Labute approximate surface area is 202 Å². The van der Waals surface area contributed by atoms with Crippen LogP contribution in [0.3, 0.4) is 0 Å². The highest BCUT2D eigenvalue weighted by molar-refractivity contribution is 6.31. The SMILES string of the molecule is CCNCc1ccc(N=C(c2ccc(NC(=O)OC)cc2)c2c(O)[nH]c3cc(Cl)ccc23)cc1. The first kappa shape index (κ1) is 23.4. The van der Waals surface area contributed by atoms with Crippen LogP contribution in [0, 0.1) is 0 Å². The normalized spacial score (nSPS) is 11.6. The predicted octanol–water partition coefficient (Wildman–Crippen LogP) is 5.98. The van der Waals surface area contributed by atoms with Crippen LogP contribution >= 0.6 is 11.6 Å². The second-order valence-corrected chi connectivity index (χ2v) is 8.08. The van der Waals surface area contributed by atoms with Gasteiger partial charge < -0.3 is 20.1 Å². The molecule has 0 saturated heterocycles. The molecule has 0 fully saturated rings. The number of methoxy groups -OCH3 is 1. The molecule has 0 bridgehead atoms. The third-order valence-corrected chi connectivity index (χ3v) is 5.56. The van der Waals surface area contributed by atoms with E-state index in [1.807, 2.05) is 42.5 Å². The maximum Gasteiger partial charge on any atom is 0.411 e. The highest BCUT2D eigenvalue weighted by Gasteiger charge is 2.19. The Morgan fingerprint density at radius 3 is 2.50 bits per heavy atom. The number of benzene rings is 3. The molecule has 1 amide bonds. The van der Waals surface area contributed by atoms with Crippen LogP contribution in [0.1, 0.15) is 23.6 Å². The van der Waals surface area contributed by atoms with Gasteiger partial charge in [-0.2, -0.15) is 0 Å². The molecule has 4 rings (SSSR count). The first-order valence-corrected chi connectivity index (χ1v) is 11.2. The molecule has 0 unspecified atom stereocenters. The van der Waals surface area contributed by atoms with Crippen LogP contribution in [0.5, 0.6) is 5.88 Å². The number of aromatic hydroxyl groups is 1. The Hall–Kier alpha value is -3.81. The first-order valence-electron chi connectivity index (χ1n) is 10.8. The highest BCUT2D eigenvalue weighted by Crippen LogP contribution is 2.33.